The van der Waals surface area contributed by atoms with Gasteiger partial charge >= 0.3 is 5.97 Å². The van der Waals surface area contributed by atoms with Crippen LogP contribution in [0.15, 0.2) is 18.2 Å². The zero-order valence-electron chi connectivity index (χ0n) is 12.9. The Labute approximate surface area is 126 Å². The number of hydrogen-bond acceptors (Lipinski definition) is 4. The quantitative estimate of drug-likeness (QED) is 0.619. The normalized spacial score (nSPS) is 18.0. The van der Waals surface area contributed by atoms with E-state index in [4.69, 9.17) is 15.2 Å². The number of benzene rings is 1. The van der Waals surface area contributed by atoms with Crippen molar-refractivity contribution in [2.75, 3.05) is 6.61 Å². The minimum atomic E-state index is -0.116. The van der Waals surface area contributed by atoms with Crippen molar-refractivity contribution < 1.29 is 14.3 Å². The average Bonchev–Trinajstić information content (AvgIpc) is 2.82. The van der Waals surface area contributed by atoms with Crippen LogP contribution in [0.5, 0.6) is 5.75 Å². The van der Waals surface area contributed by atoms with Crippen LogP contribution in [0.2, 0.25) is 0 Å². The van der Waals surface area contributed by atoms with Gasteiger partial charge in [-0.05, 0) is 43.9 Å². The van der Waals surface area contributed by atoms with E-state index in [9.17, 15) is 4.79 Å². The first-order valence-corrected chi connectivity index (χ1v) is 7.80. The number of carbonyl (C=O) groups excluding carboxylic acids is 1. The predicted octanol–water partition coefficient (Wildman–Crippen LogP) is 3.13. The molecule has 0 spiro atoms. The van der Waals surface area contributed by atoms with Gasteiger partial charge in [0.15, 0.2) is 0 Å². The fourth-order valence-electron chi connectivity index (χ4n) is 2.71. The second-order valence-electron chi connectivity index (χ2n) is 5.66. The highest BCUT2D eigenvalue weighted by Crippen LogP contribution is 2.31. The van der Waals surface area contributed by atoms with Crippen LogP contribution in [0, 0.1) is 0 Å². The Morgan fingerprint density at radius 2 is 2.29 bits per heavy atom. The van der Waals surface area contributed by atoms with E-state index in [1.54, 1.807) is 0 Å². The van der Waals surface area contributed by atoms with Gasteiger partial charge in [-0.15, -0.1) is 0 Å². The number of esters is 1. The standard InChI is InChI=1S/C17H25NO3/c1-3-20-17(19)7-5-4-6-15(18)13-8-9-16-14(11-13)10-12(2)21-16/h8-9,11-12,15H,3-7,10,18H2,1-2H3. The zero-order chi connectivity index (χ0) is 15.2. The SMILES string of the molecule is CCOC(=O)CCCCC(N)c1ccc2c(c1)CC(C)O2. The summed E-state index contributed by atoms with van der Waals surface area (Å²) < 4.78 is 10.6. The van der Waals surface area contributed by atoms with Gasteiger partial charge in [0.05, 0.1) is 6.61 Å². The monoisotopic (exact) mass is 291 g/mol. The van der Waals surface area contributed by atoms with Crippen molar-refractivity contribution in [3.05, 3.63) is 29.3 Å². The van der Waals surface area contributed by atoms with Gasteiger partial charge in [0.25, 0.3) is 0 Å². The Bertz CT molecular complexity index is 487. The maximum Gasteiger partial charge on any atom is 0.305 e. The number of rotatable bonds is 7. The summed E-state index contributed by atoms with van der Waals surface area (Å²) in [4.78, 5) is 11.2. The molecule has 0 aliphatic carbocycles. The molecule has 0 amide bonds. The van der Waals surface area contributed by atoms with E-state index in [1.165, 1.54) is 5.56 Å². The van der Waals surface area contributed by atoms with E-state index < -0.39 is 0 Å². The third-order valence-corrected chi connectivity index (χ3v) is 3.80. The lowest BCUT2D eigenvalue weighted by Gasteiger charge is -2.13. The molecule has 21 heavy (non-hydrogen) atoms. The van der Waals surface area contributed by atoms with E-state index in [2.05, 4.69) is 13.0 Å². The summed E-state index contributed by atoms with van der Waals surface area (Å²) in [6.07, 6.45) is 4.35. The van der Waals surface area contributed by atoms with Gasteiger partial charge < -0.3 is 15.2 Å². The van der Waals surface area contributed by atoms with Gasteiger partial charge in [-0.25, -0.2) is 0 Å². The molecule has 1 heterocycles. The Morgan fingerprint density at radius 3 is 3.05 bits per heavy atom. The lowest BCUT2D eigenvalue weighted by Crippen LogP contribution is -2.11. The zero-order valence-corrected chi connectivity index (χ0v) is 12.9. The van der Waals surface area contributed by atoms with Crippen LogP contribution in [-0.2, 0) is 16.0 Å². The Hall–Kier alpha value is -1.55. The van der Waals surface area contributed by atoms with Crippen LogP contribution < -0.4 is 10.5 Å². The summed E-state index contributed by atoms with van der Waals surface area (Å²) >= 11 is 0. The van der Waals surface area contributed by atoms with Crippen molar-refractivity contribution >= 4 is 5.97 Å². The number of nitrogens with two attached hydrogens (primary N) is 1. The lowest BCUT2D eigenvalue weighted by atomic mass is 9.98. The van der Waals surface area contributed by atoms with E-state index in [0.717, 1.165) is 37.0 Å². The summed E-state index contributed by atoms with van der Waals surface area (Å²) in [5, 5.41) is 0. The highest BCUT2D eigenvalue weighted by molar-refractivity contribution is 5.69. The molecule has 4 heteroatoms. The van der Waals surface area contributed by atoms with Crippen LogP contribution in [0.1, 0.15) is 56.7 Å². The maximum atomic E-state index is 11.2. The van der Waals surface area contributed by atoms with Crippen LogP contribution in [0.4, 0.5) is 0 Å². The van der Waals surface area contributed by atoms with Crippen molar-refractivity contribution in [3.63, 3.8) is 0 Å². The number of ether oxygens (including phenoxy) is 2. The largest absolute Gasteiger partial charge is 0.490 e. The van der Waals surface area contributed by atoms with Crippen LogP contribution >= 0.6 is 0 Å². The molecule has 4 nitrogen and oxygen atoms in total. The fraction of sp³-hybridized carbons (Fsp3) is 0.588. The fourth-order valence-corrected chi connectivity index (χ4v) is 2.71. The third kappa shape index (κ3) is 4.46. The molecule has 1 aliphatic heterocycles. The summed E-state index contributed by atoms with van der Waals surface area (Å²) in [7, 11) is 0. The predicted molar refractivity (Wildman–Crippen MR) is 82.3 cm³/mol. The Morgan fingerprint density at radius 1 is 1.48 bits per heavy atom. The van der Waals surface area contributed by atoms with Crippen LogP contribution in [0.25, 0.3) is 0 Å². The summed E-state index contributed by atoms with van der Waals surface area (Å²) in [6.45, 7) is 4.36. The molecule has 0 saturated carbocycles. The van der Waals surface area contributed by atoms with Gasteiger partial charge in [0.2, 0.25) is 0 Å². The molecule has 2 atom stereocenters. The molecular formula is C17H25NO3. The smallest absolute Gasteiger partial charge is 0.305 e. The highest BCUT2D eigenvalue weighted by Gasteiger charge is 2.20. The molecule has 0 saturated heterocycles. The molecule has 2 N–H and O–H groups in total. The average molecular weight is 291 g/mol. The molecular weight excluding hydrogens is 266 g/mol. The second-order valence-corrected chi connectivity index (χ2v) is 5.66. The van der Waals surface area contributed by atoms with Crippen molar-refractivity contribution in [1.82, 2.24) is 0 Å². The minimum Gasteiger partial charge on any atom is -0.490 e. The van der Waals surface area contributed by atoms with Gasteiger partial charge in [0.1, 0.15) is 11.9 Å². The van der Waals surface area contributed by atoms with Gasteiger partial charge in [-0.1, -0.05) is 18.6 Å². The van der Waals surface area contributed by atoms with Gasteiger partial charge in [-0.3, -0.25) is 4.79 Å². The van der Waals surface area contributed by atoms with Crippen LogP contribution in [0.3, 0.4) is 0 Å². The molecule has 1 aromatic rings. The van der Waals surface area contributed by atoms with Crippen LogP contribution in [-0.4, -0.2) is 18.7 Å². The highest BCUT2D eigenvalue weighted by atomic mass is 16.5. The molecule has 1 aliphatic rings. The Balaban J connectivity index is 1.78. The molecule has 2 rings (SSSR count). The van der Waals surface area contributed by atoms with E-state index >= 15 is 0 Å². The summed E-state index contributed by atoms with van der Waals surface area (Å²) in [6, 6.07) is 6.25. The molecule has 0 radical (unpaired) electrons. The van der Waals surface area contributed by atoms with Crippen molar-refractivity contribution in [3.8, 4) is 5.75 Å². The molecule has 0 aromatic heterocycles. The molecule has 0 fully saturated rings. The number of fused-ring (bicyclic) bond motifs is 1. The van der Waals surface area contributed by atoms with Crippen molar-refractivity contribution in [1.29, 1.82) is 0 Å². The molecule has 1 aromatic carbocycles. The first-order valence-electron chi connectivity index (χ1n) is 7.80. The van der Waals surface area contributed by atoms with Crippen molar-refractivity contribution in [2.45, 2.75) is 58.1 Å². The summed E-state index contributed by atoms with van der Waals surface area (Å²) in [5.41, 5.74) is 8.65. The number of hydrogen-bond donors (Lipinski definition) is 1. The van der Waals surface area contributed by atoms with E-state index in [-0.39, 0.29) is 18.1 Å². The Kier molecular flexibility index (Phi) is 5.62. The second kappa shape index (κ2) is 7.46. The third-order valence-electron chi connectivity index (χ3n) is 3.80. The molecule has 2 unspecified atom stereocenters. The first-order chi connectivity index (χ1) is 10.1. The molecule has 0 bridgehead atoms. The van der Waals surface area contributed by atoms with Gasteiger partial charge in [-0.2, -0.15) is 0 Å². The number of carbonyl (C=O) groups is 1. The minimum absolute atomic E-state index is 0.0217. The number of unbranched alkanes of at least 4 members (excludes halogenated alkanes) is 1. The maximum absolute atomic E-state index is 11.2. The van der Waals surface area contributed by atoms with Crippen molar-refractivity contribution in [2.24, 2.45) is 5.73 Å². The van der Waals surface area contributed by atoms with E-state index in [0.29, 0.717) is 13.0 Å². The first kappa shape index (κ1) is 15.8. The van der Waals surface area contributed by atoms with Gasteiger partial charge in [0, 0.05) is 18.9 Å². The van der Waals surface area contributed by atoms with E-state index in [1.807, 2.05) is 19.1 Å². The summed E-state index contributed by atoms with van der Waals surface area (Å²) in [5.74, 6) is 0.871. The topological polar surface area (TPSA) is 61.5 Å². The lowest BCUT2D eigenvalue weighted by molar-refractivity contribution is -0.143. The molecule has 116 valence electrons.